The van der Waals surface area contributed by atoms with Crippen LogP contribution in [0, 0.1) is 12.8 Å². The molecule has 23 heavy (non-hydrogen) atoms. The van der Waals surface area contributed by atoms with Crippen LogP contribution in [-0.2, 0) is 11.3 Å². The second-order valence-electron chi connectivity index (χ2n) is 5.92. The van der Waals surface area contributed by atoms with E-state index < -0.39 is 0 Å². The molecule has 3 rings (SSSR count). The molecule has 0 aliphatic carbocycles. The monoisotopic (exact) mass is 330 g/mol. The third-order valence-electron chi connectivity index (χ3n) is 4.36. The molecule has 1 saturated heterocycles. The Balaban J connectivity index is 1.43. The molecule has 0 atom stereocenters. The fourth-order valence-corrected chi connectivity index (χ4v) is 3.70. The number of aromatic nitrogens is 3. The van der Waals surface area contributed by atoms with Crippen molar-refractivity contribution in [2.45, 2.75) is 31.2 Å². The molecule has 3 heterocycles. The number of hydrogen-bond donors (Lipinski definition) is 0. The van der Waals surface area contributed by atoms with Gasteiger partial charge in [0.2, 0.25) is 5.91 Å². The summed E-state index contributed by atoms with van der Waals surface area (Å²) in [5.74, 6) is 2.45. The molecule has 2 aromatic rings. The highest BCUT2D eigenvalue weighted by molar-refractivity contribution is 8.00. The highest BCUT2D eigenvalue weighted by atomic mass is 32.2. The summed E-state index contributed by atoms with van der Waals surface area (Å²) in [4.78, 5) is 23.7. The van der Waals surface area contributed by atoms with Crippen molar-refractivity contribution in [3.05, 3.63) is 42.7 Å². The molecule has 1 aliphatic rings. The van der Waals surface area contributed by atoms with Gasteiger partial charge in [0.1, 0.15) is 5.82 Å². The molecular formula is C17H22N4OS. The van der Waals surface area contributed by atoms with Gasteiger partial charge >= 0.3 is 0 Å². The number of carbonyl (C=O) groups excluding carboxylic acids is 1. The van der Waals surface area contributed by atoms with E-state index in [0.717, 1.165) is 43.2 Å². The number of amides is 1. The second-order valence-corrected chi connectivity index (χ2v) is 6.97. The molecule has 0 aromatic carbocycles. The van der Waals surface area contributed by atoms with Gasteiger partial charge in [0.25, 0.3) is 0 Å². The number of imidazole rings is 1. The number of nitrogens with zero attached hydrogens (tertiary/aromatic N) is 4. The first-order valence-corrected chi connectivity index (χ1v) is 8.99. The first kappa shape index (κ1) is 16.1. The predicted octanol–water partition coefficient (Wildman–Crippen LogP) is 2.62. The van der Waals surface area contributed by atoms with E-state index in [-0.39, 0.29) is 5.91 Å². The maximum absolute atomic E-state index is 12.3. The Labute approximate surface area is 141 Å². The lowest BCUT2D eigenvalue weighted by molar-refractivity contribution is -0.129. The summed E-state index contributed by atoms with van der Waals surface area (Å²) in [6.07, 6.45) is 9.56. The molecule has 0 N–H and O–H groups in total. The summed E-state index contributed by atoms with van der Waals surface area (Å²) < 4.78 is 2.21. The van der Waals surface area contributed by atoms with Crippen LogP contribution in [0.25, 0.3) is 0 Å². The highest BCUT2D eigenvalue weighted by Gasteiger charge is 2.23. The van der Waals surface area contributed by atoms with Crippen LogP contribution in [0.5, 0.6) is 0 Å². The Bertz CT molecular complexity index is 635. The number of aryl methyl sites for hydroxylation is 1. The van der Waals surface area contributed by atoms with Crippen molar-refractivity contribution >= 4 is 17.7 Å². The van der Waals surface area contributed by atoms with Gasteiger partial charge in [-0.1, -0.05) is 0 Å². The quantitative estimate of drug-likeness (QED) is 0.791. The third kappa shape index (κ3) is 4.34. The van der Waals surface area contributed by atoms with Crippen molar-refractivity contribution in [1.29, 1.82) is 0 Å². The standard InChI is InChI=1S/C17H22N4OS/c1-14-19-8-11-21(14)12-15-4-9-20(10-5-15)17(22)13-23-16-2-6-18-7-3-16/h2-3,6-8,11,15H,4-5,9-10,12-13H2,1H3. The average molecular weight is 330 g/mol. The van der Waals surface area contributed by atoms with Gasteiger partial charge in [-0.25, -0.2) is 4.98 Å². The normalized spacial score (nSPS) is 15.8. The zero-order chi connectivity index (χ0) is 16.1. The van der Waals surface area contributed by atoms with Crippen molar-refractivity contribution in [3.8, 4) is 0 Å². The molecule has 6 heteroatoms. The van der Waals surface area contributed by atoms with E-state index >= 15 is 0 Å². The van der Waals surface area contributed by atoms with E-state index in [0.29, 0.717) is 11.7 Å². The Hall–Kier alpha value is -1.82. The van der Waals surface area contributed by atoms with E-state index in [4.69, 9.17) is 0 Å². The molecule has 2 aromatic heterocycles. The Morgan fingerprint density at radius 2 is 2.00 bits per heavy atom. The molecule has 0 radical (unpaired) electrons. The van der Waals surface area contributed by atoms with Gasteiger partial charge in [-0.05, 0) is 37.8 Å². The minimum Gasteiger partial charge on any atom is -0.342 e. The summed E-state index contributed by atoms with van der Waals surface area (Å²) >= 11 is 1.59. The van der Waals surface area contributed by atoms with Gasteiger partial charge in [-0.2, -0.15) is 0 Å². The van der Waals surface area contributed by atoms with E-state index in [2.05, 4.69) is 14.5 Å². The topological polar surface area (TPSA) is 51.0 Å². The summed E-state index contributed by atoms with van der Waals surface area (Å²) in [7, 11) is 0. The lowest BCUT2D eigenvalue weighted by Gasteiger charge is -2.32. The molecule has 0 bridgehead atoms. The zero-order valence-corrected chi connectivity index (χ0v) is 14.2. The number of rotatable bonds is 5. The van der Waals surface area contributed by atoms with Crippen LogP contribution in [0.1, 0.15) is 18.7 Å². The predicted molar refractivity (Wildman–Crippen MR) is 91.2 cm³/mol. The Morgan fingerprint density at radius 3 is 2.65 bits per heavy atom. The van der Waals surface area contributed by atoms with E-state index in [1.807, 2.05) is 36.4 Å². The number of piperidine rings is 1. The summed E-state index contributed by atoms with van der Waals surface area (Å²) in [5.41, 5.74) is 0. The van der Waals surface area contributed by atoms with Crippen molar-refractivity contribution in [2.24, 2.45) is 5.92 Å². The van der Waals surface area contributed by atoms with Crippen molar-refractivity contribution < 1.29 is 4.79 Å². The molecule has 0 unspecified atom stereocenters. The summed E-state index contributed by atoms with van der Waals surface area (Å²) in [5, 5.41) is 0. The van der Waals surface area contributed by atoms with E-state index in [1.165, 1.54) is 0 Å². The maximum Gasteiger partial charge on any atom is 0.232 e. The van der Waals surface area contributed by atoms with Gasteiger partial charge in [-0.15, -0.1) is 11.8 Å². The first-order chi connectivity index (χ1) is 11.2. The van der Waals surface area contributed by atoms with Crippen molar-refractivity contribution in [1.82, 2.24) is 19.4 Å². The molecular weight excluding hydrogens is 308 g/mol. The number of hydrogen-bond acceptors (Lipinski definition) is 4. The van der Waals surface area contributed by atoms with Gasteiger partial charge in [0, 0.05) is 49.3 Å². The summed E-state index contributed by atoms with van der Waals surface area (Å²) in [6, 6.07) is 3.88. The molecule has 0 saturated carbocycles. The van der Waals surface area contributed by atoms with Crippen LogP contribution in [0.15, 0.2) is 41.8 Å². The largest absolute Gasteiger partial charge is 0.342 e. The maximum atomic E-state index is 12.3. The van der Waals surface area contributed by atoms with Crippen molar-refractivity contribution in [2.75, 3.05) is 18.8 Å². The number of carbonyl (C=O) groups is 1. The van der Waals surface area contributed by atoms with Crippen LogP contribution >= 0.6 is 11.8 Å². The van der Waals surface area contributed by atoms with E-state index in [9.17, 15) is 4.79 Å². The molecule has 1 fully saturated rings. The fourth-order valence-electron chi connectivity index (χ4n) is 2.91. The van der Waals surface area contributed by atoms with Crippen LogP contribution in [-0.4, -0.2) is 44.2 Å². The fraction of sp³-hybridized carbons (Fsp3) is 0.471. The smallest absolute Gasteiger partial charge is 0.232 e. The molecule has 122 valence electrons. The number of likely N-dealkylation sites (tertiary alicyclic amines) is 1. The minimum absolute atomic E-state index is 0.240. The lowest BCUT2D eigenvalue weighted by atomic mass is 9.96. The minimum atomic E-state index is 0.240. The van der Waals surface area contributed by atoms with Gasteiger partial charge in [0.15, 0.2) is 0 Å². The molecule has 0 spiro atoms. The van der Waals surface area contributed by atoms with Crippen LogP contribution in [0.2, 0.25) is 0 Å². The van der Waals surface area contributed by atoms with Crippen LogP contribution in [0.3, 0.4) is 0 Å². The Kier molecular flexibility index (Phi) is 5.33. The lowest BCUT2D eigenvalue weighted by Crippen LogP contribution is -2.40. The van der Waals surface area contributed by atoms with Gasteiger partial charge in [0.05, 0.1) is 5.75 Å². The number of thioether (sulfide) groups is 1. The van der Waals surface area contributed by atoms with Crippen LogP contribution < -0.4 is 0 Å². The Morgan fingerprint density at radius 1 is 1.26 bits per heavy atom. The second kappa shape index (κ2) is 7.64. The number of pyridine rings is 1. The van der Waals surface area contributed by atoms with Crippen molar-refractivity contribution in [3.63, 3.8) is 0 Å². The van der Waals surface area contributed by atoms with E-state index in [1.54, 1.807) is 24.2 Å². The molecule has 1 aliphatic heterocycles. The molecule has 5 nitrogen and oxygen atoms in total. The third-order valence-corrected chi connectivity index (χ3v) is 5.35. The van der Waals surface area contributed by atoms with Crippen LogP contribution in [0.4, 0.5) is 0 Å². The summed E-state index contributed by atoms with van der Waals surface area (Å²) in [6.45, 7) is 4.79. The first-order valence-electron chi connectivity index (χ1n) is 8.00. The van der Waals surface area contributed by atoms with Gasteiger partial charge < -0.3 is 9.47 Å². The average Bonchev–Trinajstić information content (AvgIpc) is 2.99. The highest BCUT2D eigenvalue weighted by Crippen LogP contribution is 2.22. The molecule has 1 amide bonds. The van der Waals surface area contributed by atoms with Gasteiger partial charge in [-0.3, -0.25) is 9.78 Å². The SMILES string of the molecule is Cc1nccn1CC1CCN(C(=O)CSc2ccncc2)CC1. The zero-order valence-electron chi connectivity index (χ0n) is 13.4.